The highest BCUT2D eigenvalue weighted by atomic mass is 31.2. The zero-order valence-electron chi connectivity index (χ0n) is 45.1. The van der Waals surface area contributed by atoms with E-state index in [9.17, 15) is 43.6 Å². The number of amides is 2. The molecular weight excluding hydrogens is 936 g/mol. The van der Waals surface area contributed by atoms with Crippen molar-refractivity contribution in [2.24, 2.45) is 5.92 Å². The molecule has 17 nitrogen and oxygen atoms in total. The lowest BCUT2D eigenvalue weighted by molar-refractivity contribution is -0.194. The highest BCUT2D eigenvalue weighted by Gasteiger charge is 2.48. The fourth-order valence-corrected chi connectivity index (χ4v) is 9.79. The molecule has 1 rings (SSSR count). The van der Waals surface area contributed by atoms with Crippen molar-refractivity contribution in [3.63, 3.8) is 0 Å². The Morgan fingerprint density at radius 2 is 1.10 bits per heavy atom. The van der Waals surface area contributed by atoms with Gasteiger partial charge in [0.15, 0.2) is 6.10 Å². The number of ether oxygens (including phenoxy) is 3. The Labute approximate surface area is 428 Å². The predicted octanol–water partition coefficient (Wildman–Crippen LogP) is 10.6. The molecule has 0 bridgehead atoms. The van der Waals surface area contributed by atoms with Gasteiger partial charge < -0.3 is 50.0 Å². The Hall–Kier alpha value is -2.66. The Morgan fingerprint density at radius 3 is 1.54 bits per heavy atom. The van der Waals surface area contributed by atoms with E-state index in [0.29, 0.717) is 19.3 Å². The summed E-state index contributed by atoms with van der Waals surface area (Å²) in [5.41, 5.74) is 0. The van der Waals surface area contributed by atoms with Crippen molar-refractivity contribution in [3.8, 4) is 0 Å². The van der Waals surface area contributed by atoms with Gasteiger partial charge in [0.1, 0.15) is 24.9 Å². The molecular formula is C53H99N2O15P. The van der Waals surface area contributed by atoms with E-state index in [-0.39, 0.29) is 19.4 Å². The number of rotatable bonds is 49. The minimum atomic E-state index is -5.18. The summed E-state index contributed by atoms with van der Waals surface area (Å²) >= 11 is 0. The number of aliphatic hydroxyl groups excluding tert-OH is 1. The molecule has 0 aromatic rings. The number of aliphatic hydroxyl groups is 1. The number of unbranched alkanes of at least 4 members (excludes halogenated alkanes) is 26. The van der Waals surface area contributed by atoms with E-state index >= 15 is 0 Å². The van der Waals surface area contributed by atoms with Crippen LogP contribution < -0.4 is 10.6 Å². The molecule has 2 amide bonds. The summed E-state index contributed by atoms with van der Waals surface area (Å²) in [5.74, 6) is -5.31. The van der Waals surface area contributed by atoms with E-state index in [1.54, 1.807) is 0 Å². The van der Waals surface area contributed by atoms with E-state index in [0.717, 1.165) is 77.0 Å². The topological polar surface area (TPSA) is 265 Å². The number of phosphoric acid groups is 1. The van der Waals surface area contributed by atoms with Gasteiger partial charge in [0.25, 0.3) is 0 Å². The first-order chi connectivity index (χ1) is 34.7. The number of hydrogen-bond acceptors (Lipinski definition) is 12. The van der Waals surface area contributed by atoms with E-state index in [2.05, 4.69) is 36.3 Å². The monoisotopic (exact) mass is 1040 g/mol. The van der Waals surface area contributed by atoms with Gasteiger partial charge in [-0.05, 0) is 25.7 Å². The molecule has 416 valence electrons. The van der Waals surface area contributed by atoms with Crippen LogP contribution in [0.15, 0.2) is 0 Å². The van der Waals surface area contributed by atoms with E-state index in [1.165, 1.54) is 109 Å². The first kappa shape index (κ1) is 64.5. The molecule has 1 fully saturated rings. The number of carbonyl (C=O) groups excluding carboxylic acids is 3. The van der Waals surface area contributed by atoms with Crippen molar-refractivity contribution < 1.29 is 72.4 Å². The van der Waals surface area contributed by atoms with Crippen LogP contribution in [0, 0.1) is 5.92 Å². The molecule has 7 atom stereocenters. The van der Waals surface area contributed by atoms with Crippen molar-refractivity contribution in [1.82, 2.24) is 10.6 Å². The zero-order valence-corrected chi connectivity index (χ0v) is 45.0. The quantitative estimate of drug-likeness (QED) is 0.0170. The van der Waals surface area contributed by atoms with Gasteiger partial charge in [-0.25, -0.2) is 9.36 Å². The Bertz CT molecular complexity index is 1460. The Balaban J connectivity index is 3.29. The Morgan fingerprint density at radius 1 is 0.648 bits per heavy atom. The number of nitrogens with one attached hydrogen (secondary N) is 2. The van der Waals surface area contributed by atoms with Crippen LogP contribution in [0.3, 0.4) is 0 Å². The molecule has 1 unspecified atom stereocenters. The van der Waals surface area contributed by atoms with Gasteiger partial charge in [0.2, 0.25) is 13.2 Å². The molecule has 0 aromatic carbocycles. The summed E-state index contributed by atoms with van der Waals surface area (Å²) in [5, 5.41) is 34.4. The molecule has 0 aliphatic carbocycles. The van der Waals surface area contributed by atoms with E-state index in [4.69, 9.17) is 25.3 Å². The van der Waals surface area contributed by atoms with Crippen LogP contribution in [0.5, 0.6) is 0 Å². The van der Waals surface area contributed by atoms with Crippen LogP contribution >= 0.6 is 7.82 Å². The molecule has 0 aromatic heterocycles. The van der Waals surface area contributed by atoms with Crippen molar-refractivity contribution in [2.45, 2.75) is 282 Å². The number of carboxylic acids is 2. The third-order valence-electron chi connectivity index (χ3n) is 13.4. The fourth-order valence-electron chi connectivity index (χ4n) is 9.22. The standard InChI is InChI=1S/C53H99N2O15P/c1-4-7-10-13-16-19-22-24-27-30-33-42(34-31-28-25-23-20-17-14-11-8-5-2)53(63)69-50-45(55-47(57)38-43(56)35-32-29-26-21-18-15-12-9-6-3)39-68-46(51(50)70-71(64,65)66)40-67-41-48(58)54-44(52(61)62)36-37-49(59)60/h42-46,50-51,56H,4-41H2,1-3H3,(H,54,58)(H,55,57)(H,59,60)(H,61,62)(H2,64,65,66)/t43-,44+,45+,46-,50-,51-/m1/s1/i/hD. The summed E-state index contributed by atoms with van der Waals surface area (Å²) in [6.07, 6.45) is 27.2. The molecule has 0 spiro atoms. The molecule has 1 aliphatic heterocycles. The van der Waals surface area contributed by atoms with E-state index in [1.807, 2.05) is 0 Å². The third kappa shape index (κ3) is 36.0. The second kappa shape index (κ2) is 42.7. The van der Waals surface area contributed by atoms with E-state index < -0.39 is 99.6 Å². The predicted molar refractivity (Wildman–Crippen MR) is 275 cm³/mol. The number of carbonyl (C=O) groups is 5. The average Bonchev–Trinajstić information content (AvgIpc) is 3.33. The molecule has 0 saturated carbocycles. The van der Waals surface area contributed by atoms with Crippen molar-refractivity contribution in [1.29, 1.82) is 1.43 Å². The van der Waals surface area contributed by atoms with Crippen molar-refractivity contribution >= 4 is 37.5 Å². The normalized spacial score (nSPS) is 18.9. The Kier molecular flexibility index (Phi) is 38.7. The van der Waals surface area contributed by atoms with Crippen LogP contribution in [0.1, 0.15) is 245 Å². The second-order valence-electron chi connectivity index (χ2n) is 20.0. The van der Waals surface area contributed by atoms with Gasteiger partial charge in [-0.3, -0.25) is 23.7 Å². The van der Waals surface area contributed by atoms with Gasteiger partial charge >= 0.3 is 25.7 Å². The lowest BCUT2D eigenvalue weighted by Crippen LogP contribution is -2.62. The first-order valence-corrected chi connectivity index (χ1v) is 29.4. The number of carboxylic acid groups (broad SMARTS) is 2. The fraction of sp³-hybridized carbons (Fsp3) is 0.906. The number of phosphoric ester groups is 1. The first-order valence-electron chi connectivity index (χ1n) is 28.4. The van der Waals surface area contributed by atoms with Gasteiger partial charge in [0, 0.05) is 6.42 Å². The van der Waals surface area contributed by atoms with Gasteiger partial charge in [-0.15, -0.1) is 0 Å². The molecule has 18 heteroatoms. The number of aliphatic carboxylic acids is 2. The average molecular weight is 1040 g/mol. The highest BCUT2D eigenvalue weighted by Crippen LogP contribution is 2.42. The van der Waals surface area contributed by atoms with Crippen LogP contribution in [0.4, 0.5) is 0 Å². The minimum absolute atomic E-state index is 0.264. The minimum Gasteiger partial charge on any atom is -0.481 e. The van der Waals surface area contributed by atoms with Crippen molar-refractivity contribution in [2.75, 3.05) is 19.8 Å². The number of esters is 1. The zero-order chi connectivity index (χ0) is 53.2. The molecule has 0 radical (unpaired) electrons. The molecule has 71 heavy (non-hydrogen) atoms. The summed E-state index contributed by atoms with van der Waals surface area (Å²) in [6, 6.07) is -2.67. The molecule has 7 N–H and O–H groups in total. The lowest BCUT2D eigenvalue weighted by atomic mass is 9.93. The van der Waals surface area contributed by atoms with Crippen molar-refractivity contribution in [3.05, 3.63) is 0 Å². The molecule has 1 heterocycles. The summed E-state index contributed by atoms with van der Waals surface area (Å²) in [6.45, 7) is 5.01. The smallest absolute Gasteiger partial charge is 0.470 e. The largest absolute Gasteiger partial charge is 0.481 e. The van der Waals surface area contributed by atoms with Gasteiger partial charge in [-0.2, -0.15) is 0 Å². The van der Waals surface area contributed by atoms with Gasteiger partial charge in [0.05, 0.1) is 37.7 Å². The second-order valence-corrected chi connectivity index (χ2v) is 21.2. The van der Waals surface area contributed by atoms with Crippen LogP contribution in [0.2, 0.25) is 0 Å². The van der Waals surface area contributed by atoms with Gasteiger partial charge in [-0.1, -0.05) is 207 Å². The summed E-state index contributed by atoms with van der Waals surface area (Å²) in [7, 11) is -5.18. The molecule has 1 aliphatic rings. The summed E-state index contributed by atoms with van der Waals surface area (Å²) in [4.78, 5) is 78.0. The highest BCUT2D eigenvalue weighted by molar-refractivity contribution is 7.46. The maximum absolute atomic E-state index is 14.5. The SMILES string of the molecule is [2H]OP(=O)(O)O[C@H]1[C@H](OC(=O)C(CCCCCCCCCCCC)CCCCCCCCCCCC)[C@@H](NC(=O)C[C@H](O)CCCCCCCCCCC)CO[C@@H]1COCC(=O)N[C@@H](CCC(=O)O)C(=O)O. The summed E-state index contributed by atoms with van der Waals surface area (Å²) < 4.78 is 43.5. The third-order valence-corrected chi connectivity index (χ3v) is 13.9. The van der Waals surface area contributed by atoms with Crippen LogP contribution in [-0.4, -0.2) is 113 Å². The number of hydrogen-bond donors (Lipinski definition) is 7. The maximum atomic E-state index is 14.5. The van der Waals surface area contributed by atoms with Crippen LogP contribution in [0.25, 0.3) is 0 Å². The van der Waals surface area contributed by atoms with Crippen LogP contribution in [-0.2, 0) is 47.3 Å². The molecule has 1 saturated heterocycles. The maximum Gasteiger partial charge on any atom is 0.470 e. The lowest BCUT2D eigenvalue weighted by Gasteiger charge is -2.42.